The van der Waals surface area contributed by atoms with Gasteiger partial charge in [0.25, 0.3) is 0 Å². The molecule has 0 bridgehead atoms. The van der Waals surface area contributed by atoms with E-state index >= 15 is 0 Å². The molecule has 0 amide bonds. The number of alkyl halides is 1. The van der Waals surface area contributed by atoms with Crippen molar-refractivity contribution in [2.45, 2.75) is 5.88 Å². The number of nitrogens with one attached hydrogen (secondary N) is 1. The number of hydrogen-bond donors (Lipinski definition) is 1. The summed E-state index contributed by atoms with van der Waals surface area (Å²) in [4.78, 5) is 3.14. The number of aromatic amines is 1. The van der Waals surface area contributed by atoms with Gasteiger partial charge in [-0.15, -0.1) is 11.6 Å². The molecule has 0 spiro atoms. The number of rotatable bonds is 1. The van der Waals surface area contributed by atoms with Gasteiger partial charge in [0.2, 0.25) is 0 Å². The van der Waals surface area contributed by atoms with Crippen LogP contribution in [0.1, 0.15) is 5.56 Å². The van der Waals surface area contributed by atoms with Gasteiger partial charge >= 0.3 is 0 Å². The van der Waals surface area contributed by atoms with Gasteiger partial charge in [-0.2, -0.15) is 0 Å². The minimum absolute atomic E-state index is 0.579. The van der Waals surface area contributed by atoms with Crippen LogP contribution in [0.4, 0.5) is 0 Å². The second-order valence-electron chi connectivity index (χ2n) is 2.49. The highest BCUT2D eigenvalue weighted by molar-refractivity contribution is 6.18. The molecule has 0 aliphatic rings. The van der Waals surface area contributed by atoms with Gasteiger partial charge in [0.05, 0.1) is 0 Å². The summed E-state index contributed by atoms with van der Waals surface area (Å²) >= 11 is 5.75. The number of benzene rings is 1. The van der Waals surface area contributed by atoms with Crippen molar-refractivity contribution >= 4 is 22.5 Å². The summed E-state index contributed by atoms with van der Waals surface area (Å²) in [5.74, 6) is 0.579. The summed E-state index contributed by atoms with van der Waals surface area (Å²) in [6, 6.07) is 8.15. The van der Waals surface area contributed by atoms with Crippen LogP contribution in [0.3, 0.4) is 0 Å². The van der Waals surface area contributed by atoms with Crippen molar-refractivity contribution < 1.29 is 0 Å². The fraction of sp³-hybridized carbons (Fsp3) is 0.111. The summed E-state index contributed by atoms with van der Waals surface area (Å²) < 4.78 is 0. The van der Waals surface area contributed by atoms with Crippen molar-refractivity contribution in [2.75, 3.05) is 0 Å². The smallest absolute Gasteiger partial charge is 0.0480 e. The predicted octanol–water partition coefficient (Wildman–Crippen LogP) is 2.91. The van der Waals surface area contributed by atoms with Gasteiger partial charge in [-0.05, 0) is 17.7 Å². The topological polar surface area (TPSA) is 15.8 Å². The lowest BCUT2D eigenvalue weighted by Crippen LogP contribution is -1.77. The Morgan fingerprint density at radius 2 is 2.18 bits per heavy atom. The standard InChI is InChI=1S/C9H8ClN/c10-6-7-2-1-3-9-8(7)4-5-11-9/h1-5,11H,6H2. The molecule has 0 atom stereocenters. The van der Waals surface area contributed by atoms with E-state index in [1.54, 1.807) is 0 Å². The molecule has 0 aliphatic heterocycles. The Labute approximate surface area is 70.0 Å². The lowest BCUT2D eigenvalue weighted by atomic mass is 10.1. The molecule has 0 radical (unpaired) electrons. The van der Waals surface area contributed by atoms with Crippen molar-refractivity contribution in [2.24, 2.45) is 0 Å². The Morgan fingerprint density at radius 3 is 3.00 bits per heavy atom. The highest BCUT2D eigenvalue weighted by Crippen LogP contribution is 2.18. The molecule has 1 aromatic heterocycles. The average molecular weight is 166 g/mol. The molecule has 2 rings (SSSR count). The van der Waals surface area contributed by atoms with E-state index in [0.717, 1.165) is 5.52 Å². The van der Waals surface area contributed by atoms with E-state index in [1.165, 1.54) is 10.9 Å². The van der Waals surface area contributed by atoms with E-state index < -0.39 is 0 Å². The zero-order valence-electron chi connectivity index (χ0n) is 5.97. The van der Waals surface area contributed by atoms with Crippen molar-refractivity contribution in [3.63, 3.8) is 0 Å². The summed E-state index contributed by atoms with van der Waals surface area (Å²) in [5.41, 5.74) is 2.34. The largest absolute Gasteiger partial charge is 0.361 e. The van der Waals surface area contributed by atoms with E-state index in [0.29, 0.717) is 5.88 Å². The molecular formula is C9H8ClN. The number of aromatic nitrogens is 1. The minimum Gasteiger partial charge on any atom is -0.361 e. The molecule has 1 aromatic carbocycles. The van der Waals surface area contributed by atoms with Gasteiger partial charge in [0.15, 0.2) is 0 Å². The first-order valence-corrected chi connectivity index (χ1v) is 4.06. The van der Waals surface area contributed by atoms with Gasteiger partial charge < -0.3 is 4.98 Å². The van der Waals surface area contributed by atoms with Gasteiger partial charge in [0.1, 0.15) is 0 Å². The SMILES string of the molecule is ClCc1cccc2[nH]ccc12. The zero-order valence-corrected chi connectivity index (χ0v) is 6.73. The first kappa shape index (κ1) is 6.74. The maximum atomic E-state index is 5.75. The maximum absolute atomic E-state index is 5.75. The Kier molecular flexibility index (Phi) is 1.59. The van der Waals surface area contributed by atoms with Crippen LogP contribution in [0.5, 0.6) is 0 Å². The molecule has 0 aliphatic carbocycles. The molecule has 2 heteroatoms. The Bertz CT molecular complexity index is 364. The monoisotopic (exact) mass is 165 g/mol. The van der Waals surface area contributed by atoms with E-state index in [1.807, 2.05) is 30.5 Å². The molecule has 0 saturated carbocycles. The van der Waals surface area contributed by atoms with Crippen LogP contribution in [0.15, 0.2) is 30.5 Å². The number of hydrogen-bond acceptors (Lipinski definition) is 0. The summed E-state index contributed by atoms with van der Waals surface area (Å²) in [5, 5.41) is 1.22. The van der Waals surface area contributed by atoms with Gasteiger partial charge in [-0.25, -0.2) is 0 Å². The quantitative estimate of drug-likeness (QED) is 0.626. The third kappa shape index (κ3) is 1.02. The van der Waals surface area contributed by atoms with Crippen LogP contribution in [-0.4, -0.2) is 4.98 Å². The molecule has 11 heavy (non-hydrogen) atoms. The van der Waals surface area contributed by atoms with E-state index in [-0.39, 0.29) is 0 Å². The summed E-state index contributed by atoms with van der Waals surface area (Å²) in [7, 11) is 0. The molecule has 0 saturated heterocycles. The average Bonchev–Trinajstić information content (AvgIpc) is 2.50. The number of halogens is 1. The fourth-order valence-corrected chi connectivity index (χ4v) is 1.50. The number of fused-ring (bicyclic) bond motifs is 1. The van der Waals surface area contributed by atoms with E-state index in [2.05, 4.69) is 4.98 Å². The maximum Gasteiger partial charge on any atom is 0.0480 e. The first-order chi connectivity index (χ1) is 5.42. The van der Waals surface area contributed by atoms with Crippen LogP contribution < -0.4 is 0 Å². The molecule has 0 unspecified atom stereocenters. The Balaban J connectivity index is 2.79. The molecule has 0 fully saturated rings. The van der Waals surface area contributed by atoms with Gasteiger partial charge in [-0.1, -0.05) is 12.1 Å². The summed E-state index contributed by atoms with van der Waals surface area (Å²) in [6.45, 7) is 0. The van der Waals surface area contributed by atoms with Crippen LogP contribution in [0.25, 0.3) is 10.9 Å². The normalized spacial score (nSPS) is 10.6. The number of H-pyrrole nitrogens is 1. The van der Waals surface area contributed by atoms with Gasteiger partial charge in [-0.3, -0.25) is 0 Å². The van der Waals surface area contributed by atoms with Crippen LogP contribution in [0.2, 0.25) is 0 Å². The van der Waals surface area contributed by atoms with Crippen LogP contribution >= 0.6 is 11.6 Å². The predicted molar refractivity (Wildman–Crippen MR) is 47.9 cm³/mol. The molecule has 1 N–H and O–H groups in total. The van der Waals surface area contributed by atoms with E-state index in [4.69, 9.17) is 11.6 Å². The van der Waals surface area contributed by atoms with Crippen molar-refractivity contribution in [3.05, 3.63) is 36.0 Å². The lowest BCUT2D eigenvalue weighted by molar-refractivity contribution is 1.44. The third-order valence-corrected chi connectivity index (χ3v) is 2.12. The van der Waals surface area contributed by atoms with Crippen molar-refractivity contribution in [3.8, 4) is 0 Å². The summed E-state index contributed by atoms with van der Waals surface area (Å²) in [6.07, 6.45) is 1.93. The highest BCUT2D eigenvalue weighted by Gasteiger charge is 1.97. The molecule has 2 aromatic rings. The van der Waals surface area contributed by atoms with E-state index in [9.17, 15) is 0 Å². The fourth-order valence-electron chi connectivity index (χ4n) is 1.27. The van der Waals surface area contributed by atoms with Crippen LogP contribution in [0, 0.1) is 0 Å². The third-order valence-electron chi connectivity index (χ3n) is 1.83. The second kappa shape index (κ2) is 2.59. The van der Waals surface area contributed by atoms with Crippen molar-refractivity contribution in [1.29, 1.82) is 0 Å². The van der Waals surface area contributed by atoms with Crippen LogP contribution in [-0.2, 0) is 5.88 Å². The van der Waals surface area contributed by atoms with Gasteiger partial charge in [0, 0.05) is 23.0 Å². The second-order valence-corrected chi connectivity index (χ2v) is 2.76. The van der Waals surface area contributed by atoms with Crippen molar-refractivity contribution in [1.82, 2.24) is 4.98 Å². The lowest BCUT2D eigenvalue weighted by Gasteiger charge is -1.95. The first-order valence-electron chi connectivity index (χ1n) is 3.53. The Hall–Kier alpha value is -0.950. The highest BCUT2D eigenvalue weighted by atomic mass is 35.5. The Morgan fingerprint density at radius 1 is 1.27 bits per heavy atom. The molecule has 1 nitrogen and oxygen atoms in total. The molecule has 56 valence electrons. The minimum atomic E-state index is 0.579. The molecule has 1 heterocycles. The molecular weight excluding hydrogens is 158 g/mol. The zero-order chi connectivity index (χ0) is 7.68.